The van der Waals surface area contributed by atoms with Gasteiger partial charge in [-0.15, -0.1) is 12.4 Å². The first-order chi connectivity index (χ1) is 10.5. The van der Waals surface area contributed by atoms with E-state index in [1.54, 1.807) is 16.9 Å². The number of carbonyl (C=O) groups excluding carboxylic acids is 1. The highest BCUT2D eigenvalue weighted by Crippen LogP contribution is 2.21. The molecule has 0 radical (unpaired) electrons. The van der Waals surface area contributed by atoms with Crippen molar-refractivity contribution < 1.29 is 4.79 Å². The molecule has 1 heterocycles. The van der Waals surface area contributed by atoms with Gasteiger partial charge in [0.05, 0.1) is 28.2 Å². The van der Waals surface area contributed by atoms with Crippen molar-refractivity contribution in [2.24, 2.45) is 0 Å². The number of likely N-dealkylation sites (N-methyl/N-ethyl adjacent to an activating group) is 1. The lowest BCUT2D eigenvalue weighted by molar-refractivity contribution is 0.0949. The van der Waals surface area contributed by atoms with Gasteiger partial charge in [-0.25, -0.2) is 4.68 Å². The van der Waals surface area contributed by atoms with Crippen LogP contribution in [0.3, 0.4) is 0 Å². The number of carbonyl (C=O) groups is 1. The molecule has 0 spiro atoms. The Morgan fingerprint density at radius 1 is 1.39 bits per heavy atom. The van der Waals surface area contributed by atoms with Gasteiger partial charge in [0.15, 0.2) is 0 Å². The van der Waals surface area contributed by atoms with Gasteiger partial charge in [-0.05, 0) is 32.5 Å². The maximum atomic E-state index is 12.3. The monoisotopic (exact) mass is 356 g/mol. The van der Waals surface area contributed by atoms with E-state index in [-0.39, 0.29) is 24.4 Å². The molecule has 0 unspecified atom stereocenters. The minimum Gasteiger partial charge on any atom is -0.350 e. The third-order valence-electron chi connectivity index (χ3n) is 3.46. The Labute approximate surface area is 147 Å². The van der Waals surface area contributed by atoms with Crippen LogP contribution in [-0.2, 0) is 0 Å². The molecule has 126 valence electrons. The number of rotatable bonds is 6. The molecule has 1 aromatic carbocycles. The predicted octanol–water partition coefficient (Wildman–Crippen LogP) is 2.98. The second-order valence-corrected chi connectivity index (χ2v) is 5.58. The summed E-state index contributed by atoms with van der Waals surface area (Å²) >= 11 is 6.19. The van der Waals surface area contributed by atoms with Gasteiger partial charge in [-0.1, -0.05) is 30.7 Å². The van der Waals surface area contributed by atoms with Crippen LogP contribution in [0, 0.1) is 6.92 Å². The summed E-state index contributed by atoms with van der Waals surface area (Å²) in [6.45, 7) is 7.38. The van der Waals surface area contributed by atoms with E-state index >= 15 is 0 Å². The number of hydrogen-bond donors (Lipinski definition) is 2. The van der Waals surface area contributed by atoms with Crippen LogP contribution in [0.25, 0.3) is 5.69 Å². The fraction of sp³-hybridized carbons (Fsp3) is 0.375. The van der Waals surface area contributed by atoms with Crippen LogP contribution >= 0.6 is 24.0 Å². The molecule has 1 amide bonds. The van der Waals surface area contributed by atoms with Crippen molar-refractivity contribution in [3.8, 4) is 5.69 Å². The van der Waals surface area contributed by atoms with Crippen molar-refractivity contribution in [1.82, 2.24) is 20.4 Å². The second kappa shape index (κ2) is 8.91. The molecule has 0 saturated heterocycles. The van der Waals surface area contributed by atoms with Gasteiger partial charge in [0.1, 0.15) is 0 Å². The lowest BCUT2D eigenvalue weighted by atomic mass is 10.2. The maximum absolute atomic E-state index is 12.3. The minimum atomic E-state index is -0.124. The lowest BCUT2D eigenvalue weighted by Gasteiger charge is -2.13. The number of amides is 1. The Bertz CT molecular complexity index is 657. The zero-order chi connectivity index (χ0) is 16.1. The van der Waals surface area contributed by atoms with Gasteiger partial charge in [-0.2, -0.15) is 5.10 Å². The molecule has 0 bridgehead atoms. The first kappa shape index (κ1) is 19.5. The molecule has 0 saturated carbocycles. The summed E-state index contributed by atoms with van der Waals surface area (Å²) in [5.41, 5.74) is 2.09. The summed E-state index contributed by atoms with van der Waals surface area (Å²) in [5.74, 6) is -0.124. The first-order valence-electron chi connectivity index (χ1n) is 7.35. The Balaban J connectivity index is 0.00000264. The van der Waals surface area contributed by atoms with Crippen LogP contribution in [0.15, 0.2) is 30.5 Å². The highest BCUT2D eigenvalue weighted by atomic mass is 35.5. The van der Waals surface area contributed by atoms with E-state index in [2.05, 4.69) is 15.7 Å². The van der Waals surface area contributed by atoms with Gasteiger partial charge >= 0.3 is 0 Å². The van der Waals surface area contributed by atoms with E-state index in [1.807, 2.05) is 39.0 Å². The van der Waals surface area contributed by atoms with Crippen molar-refractivity contribution in [2.45, 2.75) is 26.8 Å². The fourth-order valence-electron chi connectivity index (χ4n) is 2.26. The van der Waals surface area contributed by atoms with Crippen LogP contribution in [0.2, 0.25) is 5.02 Å². The normalized spacial score (nSPS) is 11.7. The zero-order valence-electron chi connectivity index (χ0n) is 13.5. The van der Waals surface area contributed by atoms with Gasteiger partial charge in [-0.3, -0.25) is 4.79 Å². The van der Waals surface area contributed by atoms with Crippen LogP contribution < -0.4 is 10.6 Å². The number of nitrogens with zero attached hydrogens (tertiary/aromatic N) is 2. The van der Waals surface area contributed by atoms with E-state index in [0.717, 1.165) is 17.9 Å². The number of hydrogen-bond acceptors (Lipinski definition) is 3. The zero-order valence-corrected chi connectivity index (χ0v) is 15.0. The molecule has 2 N–H and O–H groups in total. The summed E-state index contributed by atoms with van der Waals surface area (Å²) in [6.07, 6.45) is 1.58. The SMILES string of the molecule is CCN[C@H](C)CNC(=O)c1cnn(-c2ccccc2Cl)c1C.Cl. The summed E-state index contributed by atoms with van der Waals surface area (Å²) in [6, 6.07) is 7.65. The number of para-hydroxylation sites is 1. The Kier molecular flexibility index (Phi) is 7.55. The Morgan fingerprint density at radius 3 is 2.74 bits per heavy atom. The van der Waals surface area contributed by atoms with E-state index in [4.69, 9.17) is 11.6 Å². The van der Waals surface area contributed by atoms with Crippen molar-refractivity contribution in [2.75, 3.05) is 13.1 Å². The molecule has 1 atom stereocenters. The summed E-state index contributed by atoms with van der Waals surface area (Å²) in [4.78, 5) is 12.3. The summed E-state index contributed by atoms with van der Waals surface area (Å²) in [5, 5.41) is 11.1. The number of nitrogens with one attached hydrogen (secondary N) is 2. The first-order valence-corrected chi connectivity index (χ1v) is 7.73. The van der Waals surface area contributed by atoms with Crippen molar-refractivity contribution in [3.63, 3.8) is 0 Å². The molecular formula is C16H22Cl2N4O. The highest BCUT2D eigenvalue weighted by molar-refractivity contribution is 6.32. The summed E-state index contributed by atoms with van der Waals surface area (Å²) in [7, 11) is 0. The molecule has 23 heavy (non-hydrogen) atoms. The standard InChI is InChI=1S/C16H21ClN4O.ClH/c1-4-18-11(2)9-19-16(22)13-10-20-21(12(13)3)15-8-6-5-7-14(15)17;/h5-8,10-11,18H,4,9H2,1-3H3,(H,19,22);1H/t11-;/m1./s1. The molecule has 0 aliphatic heterocycles. The van der Waals surface area contributed by atoms with E-state index in [1.165, 1.54) is 0 Å². The number of aromatic nitrogens is 2. The van der Waals surface area contributed by atoms with Crippen molar-refractivity contribution in [3.05, 3.63) is 46.7 Å². The quantitative estimate of drug-likeness (QED) is 0.836. The highest BCUT2D eigenvalue weighted by Gasteiger charge is 2.16. The summed E-state index contributed by atoms with van der Waals surface area (Å²) < 4.78 is 1.69. The van der Waals surface area contributed by atoms with E-state index in [9.17, 15) is 4.79 Å². The van der Waals surface area contributed by atoms with Crippen LogP contribution in [0.1, 0.15) is 29.9 Å². The third kappa shape index (κ3) is 4.70. The smallest absolute Gasteiger partial charge is 0.254 e. The van der Waals surface area contributed by atoms with Crippen LogP contribution in [-0.4, -0.2) is 34.8 Å². The Hall–Kier alpha value is -1.56. The largest absolute Gasteiger partial charge is 0.350 e. The van der Waals surface area contributed by atoms with Crippen molar-refractivity contribution >= 4 is 29.9 Å². The van der Waals surface area contributed by atoms with Crippen molar-refractivity contribution in [1.29, 1.82) is 0 Å². The molecular weight excluding hydrogens is 335 g/mol. The van der Waals surface area contributed by atoms with E-state index in [0.29, 0.717) is 17.1 Å². The molecule has 0 fully saturated rings. The lowest BCUT2D eigenvalue weighted by Crippen LogP contribution is -2.38. The molecule has 0 aliphatic rings. The third-order valence-corrected chi connectivity index (χ3v) is 3.78. The number of halogens is 2. The molecule has 1 aromatic heterocycles. The van der Waals surface area contributed by atoms with Gasteiger partial charge < -0.3 is 10.6 Å². The maximum Gasteiger partial charge on any atom is 0.254 e. The predicted molar refractivity (Wildman–Crippen MR) is 96.0 cm³/mol. The Morgan fingerprint density at radius 2 is 2.09 bits per heavy atom. The van der Waals surface area contributed by atoms with Crippen LogP contribution in [0.5, 0.6) is 0 Å². The molecule has 2 aromatic rings. The minimum absolute atomic E-state index is 0. The topological polar surface area (TPSA) is 58.9 Å². The van der Waals surface area contributed by atoms with Crippen LogP contribution in [0.4, 0.5) is 0 Å². The fourth-order valence-corrected chi connectivity index (χ4v) is 2.48. The van der Waals surface area contributed by atoms with Gasteiger partial charge in [0.25, 0.3) is 5.91 Å². The van der Waals surface area contributed by atoms with Gasteiger partial charge in [0.2, 0.25) is 0 Å². The average Bonchev–Trinajstić information content (AvgIpc) is 2.87. The number of benzene rings is 1. The van der Waals surface area contributed by atoms with E-state index < -0.39 is 0 Å². The van der Waals surface area contributed by atoms with Gasteiger partial charge in [0, 0.05) is 12.6 Å². The molecule has 5 nitrogen and oxygen atoms in total. The molecule has 7 heteroatoms. The average molecular weight is 357 g/mol. The molecule has 2 rings (SSSR count). The second-order valence-electron chi connectivity index (χ2n) is 5.18. The molecule has 0 aliphatic carbocycles.